The highest BCUT2D eigenvalue weighted by Crippen LogP contribution is 2.51. The first-order chi connectivity index (χ1) is 5.79. The van der Waals surface area contributed by atoms with Gasteiger partial charge in [-0.15, -0.1) is 0 Å². The van der Waals surface area contributed by atoms with E-state index in [0.717, 1.165) is 19.3 Å². The second kappa shape index (κ2) is 2.84. The Balaban J connectivity index is 2.21. The number of ether oxygens (including phenoxy) is 1. The predicted molar refractivity (Wildman–Crippen MR) is 45.9 cm³/mol. The number of carbonyl (C=O) groups excluding carboxylic acids is 1. The second-order valence-corrected chi connectivity index (χ2v) is 4.14. The summed E-state index contributed by atoms with van der Waals surface area (Å²) < 4.78 is 5.18. The van der Waals surface area contributed by atoms with Gasteiger partial charge in [0.25, 0.3) is 0 Å². The minimum Gasteiger partial charge on any atom is -0.384 e. The molecule has 2 unspecified atom stereocenters. The van der Waals surface area contributed by atoms with Crippen LogP contribution >= 0.6 is 0 Å². The molecular weight excluding hydrogens is 152 g/mol. The summed E-state index contributed by atoms with van der Waals surface area (Å²) in [6.45, 7) is 0.663. The van der Waals surface area contributed by atoms with Crippen LogP contribution in [0.3, 0.4) is 0 Å². The third-order valence-electron chi connectivity index (χ3n) is 3.63. The zero-order valence-electron chi connectivity index (χ0n) is 7.64. The lowest BCUT2D eigenvalue weighted by molar-refractivity contribution is -0.129. The maximum atomic E-state index is 11.7. The second-order valence-electron chi connectivity index (χ2n) is 4.14. The first-order valence-electron chi connectivity index (χ1n) is 4.82. The lowest BCUT2D eigenvalue weighted by Crippen LogP contribution is -2.33. The third-order valence-corrected chi connectivity index (χ3v) is 3.63. The molecule has 2 aliphatic rings. The van der Waals surface area contributed by atoms with Gasteiger partial charge in [0, 0.05) is 13.5 Å². The van der Waals surface area contributed by atoms with E-state index in [1.165, 1.54) is 12.8 Å². The molecule has 68 valence electrons. The van der Waals surface area contributed by atoms with Crippen LogP contribution in [-0.2, 0) is 9.53 Å². The van der Waals surface area contributed by atoms with Gasteiger partial charge in [0.2, 0.25) is 0 Å². The van der Waals surface area contributed by atoms with Crippen LogP contribution in [0.4, 0.5) is 0 Å². The Morgan fingerprint density at radius 1 is 1.58 bits per heavy atom. The summed E-state index contributed by atoms with van der Waals surface area (Å²) in [7, 11) is 1.70. The fourth-order valence-electron chi connectivity index (χ4n) is 3.01. The van der Waals surface area contributed by atoms with Crippen molar-refractivity contribution in [2.75, 3.05) is 13.7 Å². The maximum absolute atomic E-state index is 11.7. The molecule has 0 bridgehead atoms. The Bertz CT molecular complexity index is 200. The smallest absolute Gasteiger partial charge is 0.141 e. The number of hydrogen-bond donors (Lipinski definition) is 0. The molecule has 0 amide bonds. The first-order valence-corrected chi connectivity index (χ1v) is 4.82. The molecule has 0 N–H and O–H groups in total. The molecule has 2 saturated carbocycles. The summed E-state index contributed by atoms with van der Waals surface area (Å²) in [4.78, 5) is 11.7. The zero-order chi connectivity index (χ0) is 8.60. The Morgan fingerprint density at radius 2 is 2.42 bits per heavy atom. The van der Waals surface area contributed by atoms with E-state index in [4.69, 9.17) is 4.74 Å². The largest absolute Gasteiger partial charge is 0.384 e. The van der Waals surface area contributed by atoms with Crippen molar-refractivity contribution in [1.29, 1.82) is 0 Å². The van der Waals surface area contributed by atoms with Crippen LogP contribution < -0.4 is 0 Å². The van der Waals surface area contributed by atoms with E-state index in [1.807, 2.05) is 0 Å². The number of Topliss-reactive ketones (excluding diaryl/α,β-unsaturated/α-hetero) is 1. The maximum Gasteiger partial charge on any atom is 0.141 e. The molecule has 2 fully saturated rings. The van der Waals surface area contributed by atoms with Gasteiger partial charge in [-0.2, -0.15) is 0 Å². The van der Waals surface area contributed by atoms with E-state index in [2.05, 4.69) is 0 Å². The van der Waals surface area contributed by atoms with Gasteiger partial charge in [0.15, 0.2) is 0 Å². The first kappa shape index (κ1) is 8.24. The summed E-state index contributed by atoms with van der Waals surface area (Å²) in [5.74, 6) is 1.11. The van der Waals surface area contributed by atoms with Crippen molar-refractivity contribution in [3.63, 3.8) is 0 Å². The van der Waals surface area contributed by atoms with Gasteiger partial charge in [0.05, 0.1) is 12.0 Å². The molecule has 0 aliphatic heterocycles. The molecule has 0 radical (unpaired) electrons. The fourth-order valence-corrected chi connectivity index (χ4v) is 3.01. The minimum atomic E-state index is -0.0469. The molecular formula is C10H16O2. The monoisotopic (exact) mass is 168 g/mol. The SMILES string of the molecule is COCC12CCCC1CCC2=O. The van der Waals surface area contributed by atoms with E-state index < -0.39 is 0 Å². The highest BCUT2D eigenvalue weighted by Gasteiger charge is 2.52. The van der Waals surface area contributed by atoms with E-state index in [0.29, 0.717) is 18.3 Å². The van der Waals surface area contributed by atoms with Crippen molar-refractivity contribution in [3.8, 4) is 0 Å². The summed E-state index contributed by atoms with van der Waals surface area (Å²) in [5.41, 5.74) is -0.0469. The minimum absolute atomic E-state index is 0.0469. The van der Waals surface area contributed by atoms with Gasteiger partial charge >= 0.3 is 0 Å². The molecule has 0 spiro atoms. The number of carbonyl (C=O) groups is 1. The predicted octanol–water partition coefficient (Wildman–Crippen LogP) is 1.78. The summed E-state index contributed by atoms with van der Waals surface area (Å²) >= 11 is 0. The van der Waals surface area contributed by atoms with Crippen molar-refractivity contribution in [2.45, 2.75) is 32.1 Å². The Morgan fingerprint density at radius 3 is 3.17 bits per heavy atom. The highest BCUT2D eigenvalue weighted by atomic mass is 16.5. The van der Waals surface area contributed by atoms with E-state index in [-0.39, 0.29) is 5.41 Å². The third kappa shape index (κ3) is 0.939. The molecule has 2 heteroatoms. The molecule has 0 aromatic heterocycles. The van der Waals surface area contributed by atoms with Gasteiger partial charge in [-0.1, -0.05) is 6.42 Å². The normalized spacial score (nSPS) is 40.4. The lowest BCUT2D eigenvalue weighted by atomic mass is 9.80. The van der Waals surface area contributed by atoms with Crippen molar-refractivity contribution in [1.82, 2.24) is 0 Å². The topological polar surface area (TPSA) is 26.3 Å². The standard InChI is InChI=1S/C10H16O2/c1-12-7-10-6-2-3-8(10)4-5-9(10)11/h8H,2-7H2,1H3. The quantitative estimate of drug-likeness (QED) is 0.628. The molecule has 0 heterocycles. The average molecular weight is 168 g/mol. The summed E-state index contributed by atoms with van der Waals surface area (Å²) in [6.07, 6.45) is 5.45. The number of rotatable bonds is 2. The molecule has 0 aromatic carbocycles. The van der Waals surface area contributed by atoms with Crippen LogP contribution in [0.2, 0.25) is 0 Å². The van der Waals surface area contributed by atoms with E-state index >= 15 is 0 Å². The number of ketones is 1. The van der Waals surface area contributed by atoms with Crippen LogP contribution in [0, 0.1) is 11.3 Å². The van der Waals surface area contributed by atoms with E-state index in [1.54, 1.807) is 7.11 Å². The number of methoxy groups -OCH3 is 1. The van der Waals surface area contributed by atoms with Crippen molar-refractivity contribution < 1.29 is 9.53 Å². The lowest BCUT2D eigenvalue weighted by Gasteiger charge is -2.26. The Labute approximate surface area is 73.3 Å². The molecule has 12 heavy (non-hydrogen) atoms. The van der Waals surface area contributed by atoms with Crippen molar-refractivity contribution in [3.05, 3.63) is 0 Å². The molecule has 2 atom stereocenters. The summed E-state index contributed by atoms with van der Waals surface area (Å²) in [5, 5.41) is 0. The zero-order valence-corrected chi connectivity index (χ0v) is 7.64. The van der Waals surface area contributed by atoms with Crippen LogP contribution in [0.1, 0.15) is 32.1 Å². The summed E-state index contributed by atoms with van der Waals surface area (Å²) in [6, 6.07) is 0. The number of hydrogen-bond acceptors (Lipinski definition) is 2. The van der Waals surface area contributed by atoms with E-state index in [9.17, 15) is 4.79 Å². The Kier molecular flexibility index (Phi) is 1.95. The molecule has 2 aliphatic carbocycles. The van der Waals surface area contributed by atoms with Gasteiger partial charge in [-0.25, -0.2) is 0 Å². The fraction of sp³-hybridized carbons (Fsp3) is 0.900. The van der Waals surface area contributed by atoms with Crippen LogP contribution in [-0.4, -0.2) is 19.5 Å². The van der Waals surface area contributed by atoms with Gasteiger partial charge in [-0.05, 0) is 25.2 Å². The van der Waals surface area contributed by atoms with Gasteiger partial charge < -0.3 is 4.74 Å². The average Bonchev–Trinajstić information content (AvgIpc) is 2.55. The molecule has 0 aromatic rings. The van der Waals surface area contributed by atoms with Gasteiger partial charge in [-0.3, -0.25) is 4.79 Å². The van der Waals surface area contributed by atoms with Crippen LogP contribution in [0.15, 0.2) is 0 Å². The number of fused-ring (bicyclic) bond motifs is 1. The Hall–Kier alpha value is -0.370. The van der Waals surface area contributed by atoms with Gasteiger partial charge in [0.1, 0.15) is 5.78 Å². The van der Waals surface area contributed by atoms with Crippen LogP contribution in [0.25, 0.3) is 0 Å². The molecule has 2 nitrogen and oxygen atoms in total. The highest BCUT2D eigenvalue weighted by molar-refractivity contribution is 5.87. The van der Waals surface area contributed by atoms with Crippen molar-refractivity contribution in [2.24, 2.45) is 11.3 Å². The van der Waals surface area contributed by atoms with Crippen molar-refractivity contribution >= 4 is 5.78 Å². The molecule has 2 rings (SSSR count). The van der Waals surface area contributed by atoms with Crippen LogP contribution in [0.5, 0.6) is 0 Å². The molecule has 0 saturated heterocycles.